The average Bonchev–Trinajstić information content (AvgIpc) is 2.27. The van der Waals surface area contributed by atoms with E-state index < -0.39 is 15.2 Å². The minimum Gasteiger partial charge on any atom is -0.325 e. The van der Waals surface area contributed by atoms with Gasteiger partial charge in [0.15, 0.2) is 15.2 Å². The highest BCUT2D eigenvalue weighted by Crippen LogP contribution is 2.34. The summed E-state index contributed by atoms with van der Waals surface area (Å²) in [6.07, 6.45) is 0.0415. The number of carbonyl (C=O) groups excluding carboxylic acids is 1. The van der Waals surface area contributed by atoms with E-state index in [1.54, 1.807) is 24.3 Å². The SMILES string of the molecule is CN1C(=O)CCS(=O)(=O)C1c1ccccc1Cl. The monoisotopic (exact) mass is 273 g/mol. The Balaban J connectivity index is 2.54. The highest BCUT2D eigenvalue weighted by molar-refractivity contribution is 7.91. The zero-order chi connectivity index (χ0) is 12.6. The van der Waals surface area contributed by atoms with E-state index in [4.69, 9.17) is 11.6 Å². The lowest BCUT2D eigenvalue weighted by molar-refractivity contribution is -0.130. The number of nitrogens with zero attached hydrogens (tertiary/aromatic N) is 1. The minimum absolute atomic E-state index is 0.0415. The molecule has 0 aromatic heterocycles. The zero-order valence-corrected chi connectivity index (χ0v) is 10.8. The van der Waals surface area contributed by atoms with Gasteiger partial charge in [0.05, 0.1) is 5.75 Å². The number of benzene rings is 1. The van der Waals surface area contributed by atoms with Gasteiger partial charge in [-0.15, -0.1) is 0 Å². The maximum absolute atomic E-state index is 12.0. The normalized spacial score (nSPS) is 23.8. The number of carbonyl (C=O) groups is 1. The van der Waals surface area contributed by atoms with Crippen LogP contribution >= 0.6 is 11.6 Å². The lowest BCUT2D eigenvalue weighted by atomic mass is 10.2. The van der Waals surface area contributed by atoms with Gasteiger partial charge < -0.3 is 4.90 Å². The van der Waals surface area contributed by atoms with Crippen molar-refractivity contribution < 1.29 is 13.2 Å². The molecule has 0 bridgehead atoms. The quantitative estimate of drug-likeness (QED) is 0.781. The van der Waals surface area contributed by atoms with Gasteiger partial charge in [-0.1, -0.05) is 29.8 Å². The summed E-state index contributed by atoms with van der Waals surface area (Å²) in [4.78, 5) is 12.8. The molecule has 0 N–H and O–H groups in total. The molecule has 2 rings (SSSR count). The molecule has 1 saturated heterocycles. The van der Waals surface area contributed by atoms with Crippen molar-refractivity contribution in [3.8, 4) is 0 Å². The molecular weight excluding hydrogens is 262 g/mol. The van der Waals surface area contributed by atoms with Crippen LogP contribution in [0.2, 0.25) is 5.02 Å². The molecule has 0 saturated carbocycles. The first-order chi connectivity index (χ1) is 7.93. The third-order valence-corrected chi connectivity index (χ3v) is 5.22. The van der Waals surface area contributed by atoms with Crippen LogP contribution in [0.15, 0.2) is 24.3 Å². The number of rotatable bonds is 1. The third kappa shape index (κ3) is 2.17. The number of amides is 1. The fourth-order valence-corrected chi connectivity index (χ4v) is 4.14. The Morgan fingerprint density at radius 2 is 2.00 bits per heavy atom. The molecule has 1 aromatic carbocycles. The highest BCUT2D eigenvalue weighted by Gasteiger charge is 2.39. The number of hydrogen-bond donors (Lipinski definition) is 0. The van der Waals surface area contributed by atoms with E-state index in [-0.39, 0.29) is 18.1 Å². The van der Waals surface area contributed by atoms with Crippen molar-refractivity contribution in [1.29, 1.82) is 0 Å². The first-order valence-corrected chi connectivity index (χ1v) is 7.24. The first-order valence-electron chi connectivity index (χ1n) is 5.15. The minimum atomic E-state index is -3.36. The fourth-order valence-electron chi connectivity index (χ4n) is 1.97. The number of hydrogen-bond acceptors (Lipinski definition) is 3. The van der Waals surface area contributed by atoms with E-state index >= 15 is 0 Å². The van der Waals surface area contributed by atoms with Gasteiger partial charge in [0.2, 0.25) is 5.91 Å². The maximum Gasteiger partial charge on any atom is 0.224 e. The Hall–Kier alpha value is -1.07. The van der Waals surface area contributed by atoms with Crippen LogP contribution in [0.4, 0.5) is 0 Å². The van der Waals surface area contributed by atoms with Crippen molar-refractivity contribution >= 4 is 27.3 Å². The molecule has 1 aliphatic heterocycles. The second-order valence-corrected chi connectivity index (χ2v) is 6.58. The smallest absolute Gasteiger partial charge is 0.224 e. The first kappa shape index (κ1) is 12.4. The van der Waals surface area contributed by atoms with Gasteiger partial charge in [0, 0.05) is 24.1 Å². The van der Waals surface area contributed by atoms with Crippen LogP contribution in [0.5, 0.6) is 0 Å². The highest BCUT2D eigenvalue weighted by atomic mass is 35.5. The van der Waals surface area contributed by atoms with Crippen LogP contribution < -0.4 is 0 Å². The number of sulfone groups is 1. The zero-order valence-electron chi connectivity index (χ0n) is 9.26. The molecule has 1 fully saturated rings. The largest absolute Gasteiger partial charge is 0.325 e. The Labute approximate surface area is 105 Å². The van der Waals surface area contributed by atoms with Gasteiger partial charge in [0.1, 0.15) is 0 Å². The van der Waals surface area contributed by atoms with E-state index in [0.29, 0.717) is 10.6 Å². The summed E-state index contributed by atoms with van der Waals surface area (Å²) >= 11 is 6.00. The summed E-state index contributed by atoms with van der Waals surface area (Å²) in [6, 6.07) is 6.70. The second kappa shape index (κ2) is 4.31. The standard InChI is InChI=1S/C11H12ClNO3S/c1-13-10(14)6-7-17(15,16)11(13)8-4-2-3-5-9(8)12/h2-5,11H,6-7H2,1H3. The molecule has 6 heteroatoms. The molecule has 1 heterocycles. The van der Waals surface area contributed by atoms with Gasteiger partial charge in [-0.05, 0) is 6.07 Å². The Morgan fingerprint density at radius 1 is 1.35 bits per heavy atom. The van der Waals surface area contributed by atoms with Crippen molar-refractivity contribution in [2.45, 2.75) is 11.8 Å². The summed E-state index contributed by atoms with van der Waals surface area (Å²) < 4.78 is 24.1. The van der Waals surface area contributed by atoms with Crippen molar-refractivity contribution in [3.05, 3.63) is 34.9 Å². The van der Waals surface area contributed by atoms with E-state index in [1.807, 2.05) is 0 Å². The van der Waals surface area contributed by atoms with Crippen molar-refractivity contribution in [3.63, 3.8) is 0 Å². The lowest BCUT2D eigenvalue weighted by Gasteiger charge is -2.32. The van der Waals surface area contributed by atoms with Gasteiger partial charge in [0.25, 0.3) is 0 Å². The van der Waals surface area contributed by atoms with Gasteiger partial charge in [-0.25, -0.2) is 8.42 Å². The molecule has 92 valence electrons. The van der Waals surface area contributed by atoms with Crippen molar-refractivity contribution in [1.82, 2.24) is 4.90 Å². The topological polar surface area (TPSA) is 54.5 Å². The lowest BCUT2D eigenvalue weighted by Crippen LogP contribution is -2.42. The van der Waals surface area contributed by atoms with E-state index in [0.717, 1.165) is 0 Å². The number of halogens is 1. The van der Waals surface area contributed by atoms with E-state index in [2.05, 4.69) is 0 Å². The van der Waals surface area contributed by atoms with Gasteiger partial charge in [-0.2, -0.15) is 0 Å². The van der Waals surface area contributed by atoms with Crippen LogP contribution in [0.25, 0.3) is 0 Å². The predicted molar refractivity (Wildman–Crippen MR) is 65.4 cm³/mol. The van der Waals surface area contributed by atoms with Crippen molar-refractivity contribution in [2.24, 2.45) is 0 Å². The van der Waals surface area contributed by atoms with E-state index in [1.165, 1.54) is 11.9 Å². The maximum atomic E-state index is 12.0. The molecule has 1 atom stereocenters. The molecule has 1 amide bonds. The van der Waals surface area contributed by atoms with Gasteiger partial charge in [-0.3, -0.25) is 4.79 Å². The molecule has 0 spiro atoms. The van der Waals surface area contributed by atoms with Crippen LogP contribution in [-0.2, 0) is 14.6 Å². The fraction of sp³-hybridized carbons (Fsp3) is 0.364. The average molecular weight is 274 g/mol. The molecule has 1 unspecified atom stereocenters. The van der Waals surface area contributed by atoms with Crippen LogP contribution in [0, 0.1) is 0 Å². The molecule has 0 aliphatic carbocycles. The summed E-state index contributed by atoms with van der Waals surface area (Å²) in [5, 5.41) is -0.597. The molecule has 0 radical (unpaired) electrons. The molecule has 1 aromatic rings. The Bertz CT molecular complexity index is 556. The van der Waals surface area contributed by atoms with Crippen molar-refractivity contribution in [2.75, 3.05) is 12.8 Å². The van der Waals surface area contributed by atoms with Crippen LogP contribution in [0.1, 0.15) is 17.4 Å². The molecular formula is C11H12ClNO3S. The second-order valence-electron chi connectivity index (χ2n) is 4.00. The summed E-state index contributed by atoms with van der Waals surface area (Å²) in [6.45, 7) is 0. The molecule has 1 aliphatic rings. The Kier molecular flexibility index (Phi) is 3.14. The molecule has 4 nitrogen and oxygen atoms in total. The van der Waals surface area contributed by atoms with E-state index in [9.17, 15) is 13.2 Å². The van der Waals surface area contributed by atoms with Crippen LogP contribution in [-0.4, -0.2) is 32.0 Å². The summed E-state index contributed by atoms with van der Waals surface area (Å²) in [5.41, 5.74) is 0.463. The van der Waals surface area contributed by atoms with Gasteiger partial charge >= 0.3 is 0 Å². The summed E-state index contributed by atoms with van der Waals surface area (Å²) in [7, 11) is -1.87. The molecule has 17 heavy (non-hydrogen) atoms. The summed E-state index contributed by atoms with van der Waals surface area (Å²) in [5.74, 6) is -0.295. The van der Waals surface area contributed by atoms with Crippen LogP contribution in [0.3, 0.4) is 0 Å². The third-order valence-electron chi connectivity index (χ3n) is 2.86. The predicted octanol–water partition coefficient (Wildman–Crippen LogP) is 1.62. The Morgan fingerprint density at radius 3 is 2.65 bits per heavy atom.